The number of rotatable bonds is 5. The van der Waals surface area contributed by atoms with Crippen molar-refractivity contribution in [2.75, 3.05) is 0 Å². The van der Waals surface area contributed by atoms with E-state index in [1.165, 1.54) is 0 Å². The number of hydrogen-bond donors (Lipinski definition) is 0. The molecule has 136 valence electrons. The molecule has 27 heavy (non-hydrogen) atoms. The first-order chi connectivity index (χ1) is 13.1. The summed E-state index contributed by atoms with van der Waals surface area (Å²) in [7, 11) is -3.55. The van der Waals surface area contributed by atoms with E-state index in [0.717, 1.165) is 16.7 Å². The molecule has 1 saturated heterocycles. The highest BCUT2D eigenvalue weighted by Gasteiger charge is 2.54. The highest BCUT2D eigenvalue weighted by Crippen LogP contribution is 2.48. The molecule has 0 spiro atoms. The van der Waals surface area contributed by atoms with Gasteiger partial charge < -0.3 is 0 Å². The minimum Gasteiger partial charge on any atom is -0.207 e. The van der Waals surface area contributed by atoms with E-state index in [4.69, 9.17) is 0 Å². The van der Waals surface area contributed by atoms with Crippen LogP contribution in [0.2, 0.25) is 0 Å². The molecule has 4 rings (SSSR count). The van der Waals surface area contributed by atoms with E-state index in [1.54, 1.807) is 16.4 Å². The van der Waals surface area contributed by atoms with Gasteiger partial charge in [0.05, 0.1) is 17.0 Å². The lowest BCUT2D eigenvalue weighted by Crippen LogP contribution is -2.14. The molecule has 1 heterocycles. The minimum atomic E-state index is -3.55. The van der Waals surface area contributed by atoms with Gasteiger partial charge in [0.2, 0.25) is 10.0 Å². The summed E-state index contributed by atoms with van der Waals surface area (Å²) >= 11 is 0. The second-order valence-corrected chi connectivity index (χ2v) is 8.61. The first kappa shape index (κ1) is 17.7. The van der Waals surface area contributed by atoms with Crippen molar-refractivity contribution in [3.63, 3.8) is 0 Å². The molecule has 3 nitrogen and oxygen atoms in total. The molecule has 1 fully saturated rings. The van der Waals surface area contributed by atoms with Gasteiger partial charge in [0.1, 0.15) is 0 Å². The Hall–Kier alpha value is -2.69. The number of sulfonamides is 1. The largest absolute Gasteiger partial charge is 0.244 e. The maximum absolute atomic E-state index is 13.2. The van der Waals surface area contributed by atoms with Crippen molar-refractivity contribution >= 4 is 16.1 Å². The molecule has 4 heteroatoms. The van der Waals surface area contributed by atoms with Gasteiger partial charge in [0.25, 0.3) is 0 Å². The molecule has 3 aromatic carbocycles. The van der Waals surface area contributed by atoms with Gasteiger partial charge in [-0.2, -0.15) is 4.31 Å². The van der Waals surface area contributed by atoms with Gasteiger partial charge in [-0.3, -0.25) is 0 Å². The molecule has 1 aliphatic rings. The summed E-state index contributed by atoms with van der Waals surface area (Å²) in [6, 6.07) is 26.4. The van der Waals surface area contributed by atoms with Gasteiger partial charge in [-0.05, 0) is 30.2 Å². The molecule has 0 aromatic heterocycles. The Morgan fingerprint density at radius 1 is 0.815 bits per heavy atom. The lowest BCUT2D eigenvalue weighted by Gasteiger charge is -2.07. The molecule has 0 bridgehead atoms. The van der Waals surface area contributed by atoms with Gasteiger partial charge in [0, 0.05) is 0 Å². The van der Waals surface area contributed by atoms with Crippen LogP contribution in [0.25, 0.3) is 6.08 Å². The van der Waals surface area contributed by atoms with Crippen molar-refractivity contribution in [2.24, 2.45) is 0 Å². The Bertz CT molecular complexity index is 1040. The second kappa shape index (κ2) is 7.14. The maximum Gasteiger partial charge on any atom is 0.244 e. The van der Waals surface area contributed by atoms with Crippen LogP contribution in [0.5, 0.6) is 0 Å². The lowest BCUT2D eigenvalue weighted by atomic mass is 10.1. The van der Waals surface area contributed by atoms with Crippen molar-refractivity contribution in [1.29, 1.82) is 0 Å². The van der Waals surface area contributed by atoms with E-state index in [1.807, 2.05) is 91.9 Å². The van der Waals surface area contributed by atoms with Gasteiger partial charge in [-0.15, -0.1) is 0 Å². The van der Waals surface area contributed by atoms with E-state index in [9.17, 15) is 8.42 Å². The Kier molecular flexibility index (Phi) is 4.68. The van der Waals surface area contributed by atoms with Crippen molar-refractivity contribution in [1.82, 2.24) is 4.31 Å². The minimum absolute atomic E-state index is 0.169. The zero-order chi connectivity index (χ0) is 18.9. The SMILES string of the molecule is Cc1ccc(S(=O)(=O)N2[C@H](c3ccccc3)[C@@H]2/C=C/c2ccccc2)cc1. The number of aryl methyl sites for hydroxylation is 1. The highest BCUT2D eigenvalue weighted by molar-refractivity contribution is 7.89. The Balaban J connectivity index is 1.68. The Morgan fingerprint density at radius 3 is 2.04 bits per heavy atom. The summed E-state index contributed by atoms with van der Waals surface area (Å²) in [5, 5.41) is 0. The van der Waals surface area contributed by atoms with E-state index < -0.39 is 10.0 Å². The predicted octanol–water partition coefficient (Wildman–Crippen LogP) is 4.82. The van der Waals surface area contributed by atoms with Crippen molar-refractivity contribution < 1.29 is 8.42 Å². The smallest absolute Gasteiger partial charge is 0.207 e. The fourth-order valence-corrected chi connectivity index (χ4v) is 5.05. The second-order valence-electron chi connectivity index (χ2n) is 6.76. The number of nitrogens with zero attached hydrogens (tertiary/aromatic N) is 1. The van der Waals surface area contributed by atoms with Crippen LogP contribution < -0.4 is 0 Å². The third kappa shape index (κ3) is 3.59. The average molecular weight is 375 g/mol. The summed E-state index contributed by atoms with van der Waals surface area (Å²) in [4.78, 5) is 0.338. The normalized spacial score (nSPS) is 22.0. The maximum atomic E-state index is 13.2. The first-order valence-electron chi connectivity index (χ1n) is 8.96. The highest BCUT2D eigenvalue weighted by atomic mass is 32.2. The molecule has 0 aliphatic carbocycles. The van der Waals surface area contributed by atoms with Crippen LogP contribution in [-0.2, 0) is 10.0 Å². The van der Waals surface area contributed by atoms with Crippen molar-refractivity contribution in [3.05, 3.63) is 108 Å². The molecule has 0 saturated carbocycles. The lowest BCUT2D eigenvalue weighted by molar-refractivity contribution is 0.550. The van der Waals surface area contributed by atoms with Crippen LogP contribution in [0.4, 0.5) is 0 Å². The van der Waals surface area contributed by atoms with Gasteiger partial charge in [-0.1, -0.05) is 90.5 Å². The average Bonchev–Trinajstić information content (AvgIpc) is 3.44. The van der Waals surface area contributed by atoms with E-state index >= 15 is 0 Å². The molecule has 0 radical (unpaired) electrons. The zero-order valence-electron chi connectivity index (χ0n) is 15.1. The topological polar surface area (TPSA) is 37.1 Å². The summed E-state index contributed by atoms with van der Waals surface area (Å²) in [6.07, 6.45) is 3.98. The molecule has 0 N–H and O–H groups in total. The van der Waals surface area contributed by atoms with Crippen LogP contribution in [0.3, 0.4) is 0 Å². The molecule has 1 unspecified atom stereocenters. The molecular formula is C23H21NO2S. The van der Waals surface area contributed by atoms with Crippen LogP contribution in [0.15, 0.2) is 95.9 Å². The number of benzene rings is 3. The number of hydrogen-bond acceptors (Lipinski definition) is 2. The van der Waals surface area contributed by atoms with E-state index in [0.29, 0.717) is 4.90 Å². The van der Waals surface area contributed by atoms with Gasteiger partial charge in [0.15, 0.2) is 0 Å². The summed E-state index contributed by atoms with van der Waals surface area (Å²) in [5.41, 5.74) is 3.11. The van der Waals surface area contributed by atoms with Crippen LogP contribution in [0, 0.1) is 6.92 Å². The quantitative estimate of drug-likeness (QED) is 0.600. The Labute approximate surface area is 160 Å². The summed E-state index contributed by atoms with van der Waals surface area (Å²) < 4.78 is 28.0. The fraction of sp³-hybridized carbons (Fsp3) is 0.130. The van der Waals surface area contributed by atoms with E-state index in [-0.39, 0.29) is 12.1 Å². The van der Waals surface area contributed by atoms with Crippen molar-refractivity contribution in [3.8, 4) is 0 Å². The molecule has 0 amide bonds. The third-order valence-corrected chi connectivity index (χ3v) is 6.72. The predicted molar refractivity (Wildman–Crippen MR) is 109 cm³/mol. The molecule has 3 atom stereocenters. The monoisotopic (exact) mass is 375 g/mol. The van der Waals surface area contributed by atoms with Crippen molar-refractivity contribution in [2.45, 2.75) is 23.9 Å². The van der Waals surface area contributed by atoms with Crippen LogP contribution in [-0.4, -0.2) is 18.8 Å². The summed E-state index contributed by atoms with van der Waals surface area (Å²) in [5.74, 6) is 0. The van der Waals surface area contributed by atoms with Gasteiger partial charge in [-0.25, -0.2) is 8.42 Å². The first-order valence-corrected chi connectivity index (χ1v) is 10.4. The zero-order valence-corrected chi connectivity index (χ0v) is 15.9. The summed E-state index contributed by atoms with van der Waals surface area (Å²) in [6.45, 7) is 1.95. The van der Waals surface area contributed by atoms with Crippen LogP contribution in [0.1, 0.15) is 22.7 Å². The molecular weight excluding hydrogens is 354 g/mol. The Morgan fingerprint density at radius 2 is 1.41 bits per heavy atom. The molecule has 1 aliphatic heterocycles. The molecule has 3 aromatic rings. The fourth-order valence-electron chi connectivity index (χ4n) is 3.33. The third-order valence-electron chi connectivity index (χ3n) is 4.82. The van der Waals surface area contributed by atoms with Crippen LogP contribution >= 0.6 is 0 Å². The van der Waals surface area contributed by atoms with Gasteiger partial charge >= 0.3 is 0 Å². The van der Waals surface area contributed by atoms with E-state index in [2.05, 4.69) is 0 Å². The standard InChI is InChI=1S/C23H21NO2S/c1-18-12-15-21(16-13-18)27(25,26)24-22(17-14-19-8-4-2-5-9-19)23(24)20-10-6-3-7-11-20/h2-17,22-23H,1H3/b17-14+/t22-,23+,24?/m0/s1.